The van der Waals surface area contributed by atoms with E-state index >= 15 is 0 Å². The van der Waals surface area contributed by atoms with Gasteiger partial charge in [0.15, 0.2) is 0 Å². The second-order valence-corrected chi connectivity index (χ2v) is 6.85. The Bertz CT molecular complexity index is 445. The van der Waals surface area contributed by atoms with Crippen molar-refractivity contribution in [2.45, 2.75) is 91.5 Å². The van der Waals surface area contributed by atoms with Gasteiger partial charge >= 0.3 is 0 Å². The highest BCUT2D eigenvalue weighted by molar-refractivity contribution is 5.40. The van der Waals surface area contributed by atoms with Crippen molar-refractivity contribution in [3.05, 3.63) is 23.9 Å². The predicted molar refractivity (Wildman–Crippen MR) is 110 cm³/mol. The molecule has 0 aromatic carbocycles. The Morgan fingerprint density at radius 2 is 1.76 bits per heavy atom. The van der Waals surface area contributed by atoms with Crippen LogP contribution in [0.3, 0.4) is 0 Å². The van der Waals surface area contributed by atoms with Crippen LogP contribution in [0.4, 0.5) is 0 Å². The highest BCUT2D eigenvalue weighted by atomic mass is 15.1. The molecule has 2 nitrogen and oxygen atoms in total. The minimum atomic E-state index is 0.383. The molecule has 2 heteroatoms. The van der Waals surface area contributed by atoms with Gasteiger partial charge in [0.2, 0.25) is 0 Å². The summed E-state index contributed by atoms with van der Waals surface area (Å²) in [5.41, 5.74) is 0.383. The van der Waals surface area contributed by atoms with Crippen LogP contribution >= 0.6 is 0 Å². The first-order chi connectivity index (χ1) is 12.2. The highest BCUT2D eigenvalue weighted by Crippen LogP contribution is 2.20. The summed E-state index contributed by atoms with van der Waals surface area (Å²) in [4.78, 5) is 2.50. The SMILES string of the molecule is C#C/C(C#N)=C/C=C/N(CC(CC)CCCC)C(CC)CCCCC. The maximum atomic E-state index is 8.96. The van der Waals surface area contributed by atoms with E-state index in [4.69, 9.17) is 11.7 Å². The van der Waals surface area contributed by atoms with Crippen molar-refractivity contribution in [3.8, 4) is 18.4 Å². The van der Waals surface area contributed by atoms with Crippen LogP contribution in [-0.4, -0.2) is 17.5 Å². The molecule has 25 heavy (non-hydrogen) atoms. The van der Waals surface area contributed by atoms with E-state index in [0.29, 0.717) is 11.6 Å². The van der Waals surface area contributed by atoms with Crippen LogP contribution in [0.25, 0.3) is 0 Å². The maximum absolute atomic E-state index is 8.96. The molecule has 0 heterocycles. The number of unbranched alkanes of at least 4 members (excludes halogenated alkanes) is 3. The number of nitriles is 1. The largest absolute Gasteiger partial charge is 0.374 e. The molecule has 2 atom stereocenters. The third-order valence-corrected chi connectivity index (χ3v) is 4.91. The van der Waals surface area contributed by atoms with Crippen LogP contribution in [0.2, 0.25) is 0 Å². The monoisotopic (exact) mass is 342 g/mol. The molecule has 0 saturated heterocycles. The Morgan fingerprint density at radius 1 is 1.04 bits per heavy atom. The molecule has 2 unspecified atom stereocenters. The predicted octanol–water partition coefficient (Wildman–Crippen LogP) is 6.46. The lowest BCUT2D eigenvalue weighted by Crippen LogP contribution is -2.34. The number of rotatable bonds is 14. The summed E-state index contributed by atoms with van der Waals surface area (Å²) in [7, 11) is 0. The molecule has 0 aromatic rings. The molecule has 0 saturated carbocycles. The lowest BCUT2D eigenvalue weighted by atomic mass is 9.96. The van der Waals surface area contributed by atoms with Crippen molar-refractivity contribution < 1.29 is 0 Å². The molecule has 140 valence electrons. The summed E-state index contributed by atoms with van der Waals surface area (Å²) < 4.78 is 0. The summed E-state index contributed by atoms with van der Waals surface area (Å²) in [6.07, 6.45) is 22.5. The molecule has 0 amide bonds. The third kappa shape index (κ3) is 10.7. The quantitative estimate of drug-likeness (QED) is 0.157. The second-order valence-electron chi connectivity index (χ2n) is 6.85. The van der Waals surface area contributed by atoms with Crippen LogP contribution < -0.4 is 0 Å². The molecule has 0 aromatic heterocycles. The zero-order chi connectivity index (χ0) is 18.9. The summed E-state index contributed by atoms with van der Waals surface area (Å²) in [6.45, 7) is 10.2. The molecule has 0 spiro atoms. The summed E-state index contributed by atoms with van der Waals surface area (Å²) in [5, 5.41) is 8.96. The van der Waals surface area contributed by atoms with E-state index in [0.717, 1.165) is 18.9 Å². The van der Waals surface area contributed by atoms with Gasteiger partial charge in [0.05, 0.1) is 0 Å². The van der Waals surface area contributed by atoms with Crippen molar-refractivity contribution in [3.63, 3.8) is 0 Å². The molecule has 0 N–H and O–H groups in total. The van der Waals surface area contributed by atoms with E-state index in [-0.39, 0.29) is 0 Å². The van der Waals surface area contributed by atoms with Crippen molar-refractivity contribution in [1.29, 1.82) is 5.26 Å². The van der Waals surface area contributed by atoms with Gasteiger partial charge in [-0.3, -0.25) is 0 Å². The third-order valence-electron chi connectivity index (χ3n) is 4.91. The lowest BCUT2D eigenvalue weighted by Gasteiger charge is -2.33. The van der Waals surface area contributed by atoms with Crippen molar-refractivity contribution in [2.75, 3.05) is 6.54 Å². The van der Waals surface area contributed by atoms with E-state index in [1.54, 1.807) is 6.08 Å². The van der Waals surface area contributed by atoms with Crippen LogP contribution in [0, 0.1) is 29.6 Å². The normalized spacial score (nSPS) is 14.1. The first-order valence-electron chi connectivity index (χ1n) is 10.2. The Hall–Kier alpha value is -1.67. The summed E-state index contributed by atoms with van der Waals surface area (Å²) >= 11 is 0. The summed E-state index contributed by atoms with van der Waals surface area (Å²) in [6, 6.07) is 2.62. The van der Waals surface area contributed by atoms with E-state index in [2.05, 4.69) is 44.7 Å². The fourth-order valence-corrected chi connectivity index (χ4v) is 3.15. The number of hydrogen-bond acceptors (Lipinski definition) is 2. The van der Waals surface area contributed by atoms with Crippen LogP contribution in [0.1, 0.15) is 85.5 Å². The van der Waals surface area contributed by atoms with Gasteiger partial charge in [-0.25, -0.2) is 0 Å². The lowest BCUT2D eigenvalue weighted by molar-refractivity contribution is 0.206. The van der Waals surface area contributed by atoms with E-state index in [1.165, 1.54) is 51.4 Å². The Balaban J connectivity index is 5.12. The summed E-state index contributed by atoms with van der Waals surface area (Å²) in [5.74, 6) is 3.15. The standard InChI is InChI=1S/C23H38N2/c1-6-11-13-17-23(10-5)25(18-14-16-21(8-3)19-24)20-22(9-4)15-12-7-2/h3,14,16,18,22-23H,6-7,9-13,15,17,20H2,1-2,4-5H3/b18-14+,21-16-. The van der Waals surface area contributed by atoms with E-state index in [9.17, 15) is 0 Å². The molecule has 0 aliphatic carbocycles. The maximum Gasteiger partial charge on any atom is 0.108 e. The average Bonchev–Trinajstić information content (AvgIpc) is 2.64. The van der Waals surface area contributed by atoms with Gasteiger partial charge in [-0.15, -0.1) is 6.42 Å². The molecular formula is C23H38N2. The zero-order valence-electron chi connectivity index (χ0n) is 16.9. The average molecular weight is 343 g/mol. The minimum Gasteiger partial charge on any atom is -0.374 e. The van der Waals surface area contributed by atoms with Crippen LogP contribution in [0.5, 0.6) is 0 Å². The zero-order valence-corrected chi connectivity index (χ0v) is 16.9. The Kier molecular flexibility index (Phi) is 14.8. The minimum absolute atomic E-state index is 0.383. The first-order valence-corrected chi connectivity index (χ1v) is 10.2. The molecule has 0 aliphatic rings. The van der Waals surface area contributed by atoms with Crippen molar-refractivity contribution in [2.24, 2.45) is 5.92 Å². The number of allylic oxidation sites excluding steroid dienone is 3. The Labute approximate surface area is 157 Å². The first kappa shape index (κ1) is 23.3. The molecule has 0 radical (unpaired) electrons. The van der Waals surface area contributed by atoms with Crippen LogP contribution in [0.15, 0.2) is 23.9 Å². The van der Waals surface area contributed by atoms with Gasteiger partial charge < -0.3 is 4.90 Å². The number of hydrogen-bond donors (Lipinski definition) is 0. The topological polar surface area (TPSA) is 27.0 Å². The molecule has 0 rings (SSSR count). The van der Waals surface area contributed by atoms with Gasteiger partial charge in [-0.05, 0) is 43.5 Å². The van der Waals surface area contributed by atoms with E-state index < -0.39 is 0 Å². The fraction of sp³-hybridized carbons (Fsp3) is 0.696. The fourth-order valence-electron chi connectivity index (χ4n) is 3.15. The Morgan fingerprint density at radius 3 is 2.28 bits per heavy atom. The van der Waals surface area contributed by atoms with Crippen molar-refractivity contribution in [1.82, 2.24) is 4.90 Å². The molecule has 0 bridgehead atoms. The van der Waals surface area contributed by atoms with Gasteiger partial charge in [0.1, 0.15) is 11.6 Å². The smallest absolute Gasteiger partial charge is 0.108 e. The van der Waals surface area contributed by atoms with Gasteiger partial charge in [-0.1, -0.05) is 72.1 Å². The van der Waals surface area contributed by atoms with Gasteiger partial charge in [0, 0.05) is 12.6 Å². The molecule has 0 fully saturated rings. The van der Waals surface area contributed by atoms with E-state index in [1.807, 2.05) is 12.1 Å². The number of nitrogens with zero attached hydrogens (tertiary/aromatic N) is 2. The van der Waals surface area contributed by atoms with Gasteiger partial charge in [0.25, 0.3) is 0 Å². The second kappa shape index (κ2) is 15.8. The van der Waals surface area contributed by atoms with Crippen LogP contribution in [-0.2, 0) is 0 Å². The number of terminal acetylenes is 1. The van der Waals surface area contributed by atoms with Crippen molar-refractivity contribution >= 4 is 0 Å². The van der Waals surface area contributed by atoms with Gasteiger partial charge in [-0.2, -0.15) is 5.26 Å². The highest BCUT2D eigenvalue weighted by Gasteiger charge is 2.17. The molecular weight excluding hydrogens is 304 g/mol. The molecule has 0 aliphatic heterocycles.